The Hall–Kier alpha value is -0.830. The van der Waals surface area contributed by atoms with Gasteiger partial charge >= 0.3 is 5.97 Å². The summed E-state index contributed by atoms with van der Waals surface area (Å²) >= 11 is 0. The summed E-state index contributed by atoms with van der Waals surface area (Å²) in [6.45, 7) is 2.12. The summed E-state index contributed by atoms with van der Waals surface area (Å²) < 4.78 is 4.78. The molecular weight excluding hydrogens is 156 g/mol. The van der Waals surface area contributed by atoms with E-state index in [1.165, 1.54) is 0 Å². The summed E-state index contributed by atoms with van der Waals surface area (Å²) in [6.07, 6.45) is 3.64. The molecule has 0 aromatic carbocycles. The summed E-state index contributed by atoms with van der Waals surface area (Å²) in [7, 11) is 0. The van der Waals surface area contributed by atoms with Crippen LogP contribution in [-0.2, 0) is 9.53 Å². The fourth-order valence-electron chi connectivity index (χ4n) is 1.29. The summed E-state index contributed by atoms with van der Waals surface area (Å²) in [5, 5.41) is 9.40. The van der Waals surface area contributed by atoms with Gasteiger partial charge in [-0.05, 0) is 26.2 Å². The zero-order chi connectivity index (χ0) is 8.97. The van der Waals surface area contributed by atoms with E-state index in [0.29, 0.717) is 18.6 Å². The van der Waals surface area contributed by atoms with E-state index >= 15 is 0 Å². The molecule has 0 aliphatic heterocycles. The molecule has 0 amide bonds. The lowest BCUT2D eigenvalue weighted by Gasteiger charge is -2.17. The molecule has 68 valence electrons. The maximum Gasteiger partial charge on any atom is 0.336 e. The number of hydrogen-bond acceptors (Lipinski definition) is 3. The molecule has 0 aromatic rings. The number of esters is 1. The topological polar surface area (TPSA) is 46.5 Å². The van der Waals surface area contributed by atoms with Crippen LogP contribution >= 0.6 is 0 Å². The number of hydrogen-bond donors (Lipinski definition) is 1. The highest BCUT2D eigenvalue weighted by Crippen LogP contribution is 2.19. The first kappa shape index (κ1) is 9.26. The summed E-state index contributed by atoms with van der Waals surface area (Å²) in [5.74, 6) is -0.371. The molecule has 0 aromatic heterocycles. The second-order valence-electron chi connectivity index (χ2n) is 2.83. The molecule has 0 saturated heterocycles. The molecular formula is C9H14O3. The Bertz CT molecular complexity index is 196. The monoisotopic (exact) mass is 170 g/mol. The van der Waals surface area contributed by atoms with Crippen molar-refractivity contribution >= 4 is 5.97 Å². The van der Waals surface area contributed by atoms with Gasteiger partial charge in [-0.25, -0.2) is 4.79 Å². The smallest absolute Gasteiger partial charge is 0.336 e. The molecule has 1 N–H and O–H groups in total. The van der Waals surface area contributed by atoms with Crippen molar-refractivity contribution in [1.82, 2.24) is 0 Å². The average Bonchev–Trinajstić information content (AvgIpc) is 2.05. The van der Waals surface area contributed by atoms with E-state index < -0.39 is 6.10 Å². The molecule has 0 spiro atoms. The molecule has 0 radical (unpaired) electrons. The van der Waals surface area contributed by atoms with Crippen LogP contribution in [0.2, 0.25) is 0 Å². The summed E-state index contributed by atoms with van der Waals surface area (Å²) in [4.78, 5) is 11.2. The van der Waals surface area contributed by atoms with Crippen LogP contribution in [0.1, 0.15) is 26.2 Å². The van der Waals surface area contributed by atoms with Crippen LogP contribution in [0.5, 0.6) is 0 Å². The Labute approximate surface area is 72.0 Å². The first-order valence-electron chi connectivity index (χ1n) is 4.31. The van der Waals surface area contributed by atoms with Crippen molar-refractivity contribution in [3.05, 3.63) is 11.6 Å². The molecule has 1 aliphatic carbocycles. The van der Waals surface area contributed by atoms with Gasteiger partial charge in [0, 0.05) is 0 Å². The van der Waals surface area contributed by atoms with Gasteiger partial charge in [-0.3, -0.25) is 0 Å². The van der Waals surface area contributed by atoms with Crippen LogP contribution in [0.15, 0.2) is 11.6 Å². The van der Waals surface area contributed by atoms with Crippen LogP contribution < -0.4 is 0 Å². The van der Waals surface area contributed by atoms with Crippen LogP contribution in [0, 0.1) is 0 Å². The zero-order valence-electron chi connectivity index (χ0n) is 7.25. The summed E-state index contributed by atoms with van der Waals surface area (Å²) in [5.41, 5.74) is 0.433. The highest BCUT2D eigenvalue weighted by Gasteiger charge is 2.21. The predicted octanol–water partition coefficient (Wildman–Crippen LogP) is 1.02. The third-order valence-corrected chi connectivity index (χ3v) is 1.92. The highest BCUT2D eigenvalue weighted by atomic mass is 16.5. The fourth-order valence-corrected chi connectivity index (χ4v) is 1.29. The van der Waals surface area contributed by atoms with Crippen LogP contribution in [0.4, 0.5) is 0 Å². The molecule has 1 atom stereocenters. The number of allylic oxidation sites excluding steroid dienone is 1. The fraction of sp³-hybridized carbons (Fsp3) is 0.667. The van der Waals surface area contributed by atoms with Crippen LogP contribution in [0.3, 0.4) is 0 Å². The Balaban J connectivity index is 2.59. The SMILES string of the molecule is CCOC(=O)C1=CCCC[C@@H]1O. The van der Waals surface area contributed by atoms with Crippen molar-refractivity contribution < 1.29 is 14.6 Å². The minimum absolute atomic E-state index is 0.364. The summed E-state index contributed by atoms with van der Waals surface area (Å²) in [6, 6.07) is 0. The minimum atomic E-state index is -0.613. The second kappa shape index (κ2) is 4.26. The van der Waals surface area contributed by atoms with E-state index in [0.717, 1.165) is 12.8 Å². The molecule has 3 heteroatoms. The van der Waals surface area contributed by atoms with Gasteiger partial charge < -0.3 is 9.84 Å². The van der Waals surface area contributed by atoms with E-state index in [9.17, 15) is 9.90 Å². The number of aliphatic hydroxyl groups is 1. The van der Waals surface area contributed by atoms with E-state index in [1.54, 1.807) is 13.0 Å². The van der Waals surface area contributed by atoms with E-state index in [-0.39, 0.29) is 5.97 Å². The molecule has 0 fully saturated rings. The molecule has 3 nitrogen and oxygen atoms in total. The Morgan fingerprint density at radius 1 is 1.83 bits per heavy atom. The number of carbonyl (C=O) groups is 1. The molecule has 1 rings (SSSR count). The molecule has 12 heavy (non-hydrogen) atoms. The van der Waals surface area contributed by atoms with Crippen molar-refractivity contribution in [2.45, 2.75) is 32.3 Å². The Morgan fingerprint density at radius 2 is 2.58 bits per heavy atom. The van der Waals surface area contributed by atoms with Crippen LogP contribution in [-0.4, -0.2) is 23.8 Å². The normalized spacial score (nSPS) is 23.2. The van der Waals surface area contributed by atoms with Crippen LogP contribution in [0.25, 0.3) is 0 Å². The van der Waals surface area contributed by atoms with E-state index in [1.807, 2.05) is 0 Å². The number of carbonyl (C=O) groups excluding carboxylic acids is 1. The molecule has 0 unspecified atom stereocenters. The van der Waals surface area contributed by atoms with Gasteiger partial charge in [0.05, 0.1) is 18.3 Å². The number of ether oxygens (including phenoxy) is 1. The molecule has 0 saturated carbocycles. The standard InChI is InChI=1S/C9H14O3/c1-2-12-9(11)7-5-3-4-6-8(7)10/h5,8,10H,2-4,6H2,1H3/t8-/m0/s1. The second-order valence-corrected chi connectivity index (χ2v) is 2.83. The maximum absolute atomic E-state index is 11.2. The minimum Gasteiger partial charge on any atom is -0.463 e. The van der Waals surface area contributed by atoms with Gasteiger partial charge in [-0.1, -0.05) is 6.08 Å². The zero-order valence-corrected chi connectivity index (χ0v) is 7.25. The Morgan fingerprint density at radius 3 is 3.17 bits per heavy atom. The predicted molar refractivity (Wildman–Crippen MR) is 44.6 cm³/mol. The molecule has 1 aliphatic rings. The quantitative estimate of drug-likeness (QED) is 0.629. The first-order valence-corrected chi connectivity index (χ1v) is 4.31. The van der Waals surface area contributed by atoms with Gasteiger partial charge in [0.25, 0.3) is 0 Å². The lowest BCUT2D eigenvalue weighted by Crippen LogP contribution is -2.22. The largest absolute Gasteiger partial charge is 0.463 e. The lowest BCUT2D eigenvalue weighted by atomic mass is 9.97. The lowest BCUT2D eigenvalue weighted by molar-refractivity contribution is -0.139. The van der Waals surface area contributed by atoms with Gasteiger partial charge in [-0.2, -0.15) is 0 Å². The third kappa shape index (κ3) is 2.08. The van der Waals surface area contributed by atoms with Crippen molar-refractivity contribution in [2.24, 2.45) is 0 Å². The van der Waals surface area contributed by atoms with Crippen molar-refractivity contribution in [3.8, 4) is 0 Å². The van der Waals surface area contributed by atoms with Crippen molar-refractivity contribution in [2.75, 3.05) is 6.61 Å². The van der Waals surface area contributed by atoms with Gasteiger partial charge in [0.2, 0.25) is 0 Å². The highest BCUT2D eigenvalue weighted by molar-refractivity contribution is 5.89. The third-order valence-electron chi connectivity index (χ3n) is 1.92. The van der Waals surface area contributed by atoms with Gasteiger partial charge in [-0.15, -0.1) is 0 Å². The van der Waals surface area contributed by atoms with E-state index in [4.69, 9.17) is 4.74 Å². The molecule has 0 bridgehead atoms. The number of aliphatic hydroxyl groups excluding tert-OH is 1. The number of rotatable bonds is 2. The maximum atomic E-state index is 11.2. The van der Waals surface area contributed by atoms with Crippen molar-refractivity contribution in [1.29, 1.82) is 0 Å². The van der Waals surface area contributed by atoms with Gasteiger partial charge in [0.1, 0.15) is 0 Å². The first-order chi connectivity index (χ1) is 5.75. The Kier molecular flexibility index (Phi) is 3.29. The average molecular weight is 170 g/mol. The van der Waals surface area contributed by atoms with E-state index in [2.05, 4.69) is 0 Å². The molecule has 0 heterocycles. The van der Waals surface area contributed by atoms with Crippen molar-refractivity contribution in [3.63, 3.8) is 0 Å². The van der Waals surface area contributed by atoms with Gasteiger partial charge in [0.15, 0.2) is 0 Å².